The SMILES string of the molecule is CC(C)(CCN)c1cccc2nc(N)c3[nH]ncc3c12. The molecule has 20 heavy (non-hydrogen) atoms. The van der Waals surface area contributed by atoms with Crippen molar-refractivity contribution < 1.29 is 0 Å². The van der Waals surface area contributed by atoms with Gasteiger partial charge in [-0.2, -0.15) is 5.10 Å². The third-order valence-corrected chi connectivity index (χ3v) is 3.95. The fourth-order valence-corrected chi connectivity index (χ4v) is 2.83. The number of nitrogens with one attached hydrogen (secondary N) is 1. The van der Waals surface area contributed by atoms with Crippen LogP contribution in [0.5, 0.6) is 0 Å². The second kappa shape index (κ2) is 4.45. The molecule has 3 aromatic rings. The summed E-state index contributed by atoms with van der Waals surface area (Å²) in [6.45, 7) is 5.06. The highest BCUT2D eigenvalue weighted by molar-refractivity contribution is 6.09. The Balaban J connectivity index is 2.41. The molecule has 104 valence electrons. The Morgan fingerprint density at radius 2 is 2.10 bits per heavy atom. The van der Waals surface area contributed by atoms with E-state index in [2.05, 4.69) is 35.1 Å². The first-order chi connectivity index (χ1) is 9.54. The molecule has 0 aliphatic heterocycles. The molecule has 0 radical (unpaired) electrons. The van der Waals surface area contributed by atoms with Crippen LogP contribution in [0.25, 0.3) is 21.8 Å². The first-order valence-corrected chi connectivity index (χ1v) is 6.76. The van der Waals surface area contributed by atoms with Gasteiger partial charge in [-0.05, 0) is 30.0 Å². The summed E-state index contributed by atoms with van der Waals surface area (Å²) in [5, 5.41) is 9.18. The van der Waals surface area contributed by atoms with E-state index in [0.29, 0.717) is 12.4 Å². The maximum Gasteiger partial charge on any atom is 0.150 e. The van der Waals surface area contributed by atoms with Crippen LogP contribution in [0, 0.1) is 0 Å². The quantitative estimate of drug-likeness (QED) is 0.680. The lowest BCUT2D eigenvalue weighted by atomic mass is 9.79. The highest BCUT2D eigenvalue weighted by Crippen LogP contribution is 2.36. The van der Waals surface area contributed by atoms with Crippen LogP contribution in [0.2, 0.25) is 0 Å². The molecule has 5 N–H and O–H groups in total. The maximum absolute atomic E-state index is 5.98. The van der Waals surface area contributed by atoms with Crippen molar-refractivity contribution in [2.75, 3.05) is 12.3 Å². The van der Waals surface area contributed by atoms with Gasteiger partial charge < -0.3 is 11.5 Å². The molecule has 0 bridgehead atoms. The zero-order valence-corrected chi connectivity index (χ0v) is 11.8. The van der Waals surface area contributed by atoms with Gasteiger partial charge in [-0.15, -0.1) is 0 Å². The van der Waals surface area contributed by atoms with Gasteiger partial charge in [0.1, 0.15) is 11.3 Å². The lowest BCUT2D eigenvalue weighted by Gasteiger charge is -2.26. The lowest BCUT2D eigenvalue weighted by molar-refractivity contribution is 0.492. The standard InChI is InChI=1S/C15H19N5/c1-15(2,6-7-16)10-4-3-5-11-12(10)9-8-18-20-13(9)14(17)19-11/h3-5,8H,6-7,16H2,1-2H3,(H2,17,19)(H,18,20). The van der Waals surface area contributed by atoms with E-state index < -0.39 is 0 Å². The van der Waals surface area contributed by atoms with Gasteiger partial charge in [-0.1, -0.05) is 26.0 Å². The van der Waals surface area contributed by atoms with Gasteiger partial charge in [-0.3, -0.25) is 5.10 Å². The van der Waals surface area contributed by atoms with Crippen LogP contribution >= 0.6 is 0 Å². The number of fused-ring (bicyclic) bond motifs is 3. The topological polar surface area (TPSA) is 93.6 Å². The van der Waals surface area contributed by atoms with E-state index in [-0.39, 0.29) is 5.41 Å². The average molecular weight is 269 g/mol. The average Bonchev–Trinajstić information content (AvgIpc) is 2.88. The van der Waals surface area contributed by atoms with E-state index in [1.54, 1.807) is 0 Å². The number of aromatic amines is 1. The van der Waals surface area contributed by atoms with Crippen molar-refractivity contribution in [2.24, 2.45) is 5.73 Å². The molecule has 0 saturated heterocycles. The number of anilines is 1. The monoisotopic (exact) mass is 269 g/mol. The van der Waals surface area contributed by atoms with Crippen LogP contribution in [0.4, 0.5) is 5.82 Å². The third kappa shape index (κ3) is 1.82. The molecular weight excluding hydrogens is 250 g/mol. The number of rotatable bonds is 3. The predicted octanol–water partition coefficient (Wildman–Crippen LogP) is 2.32. The van der Waals surface area contributed by atoms with Crippen LogP contribution in [0.15, 0.2) is 24.4 Å². The van der Waals surface area contributed by atoms with Gasteiger partial charge >= 0.3 is 0 Å². The Kier molecular flexibility index (Phi) is 2.87. The molecule has 0 saturated carbocycles. The van der Waals surface area contributed by atoms with Crippen molar-refractivity contribution in [3.05, 3.63) is 30.0 Å². The molecule has 0 amide bonds. The summed E-state index contributed by atoms with van der Waals surface area (Å²) in [5.74, 6) is 0.485. The fraction of sp³-hybridized carbons (Fsp3) is 0.333. The molecule has 2 aromatic heterocycles. The van der Waals surface area contributed by atoms with Crippen molar-refractivity contribution in [1.82, 2.24) is 15.2 Å². The summed E-state index contributed by atoms with van der Waals surface area (Å²) in [6, 6.07) is 6.15. The zero-order valence-electron chi connectivity index (χ0n) is 11.8. The molecule has 0 fully saturated rings. The molecule has 0 unspecified atom stereocenters. The van der Waals surface area contributed by atoms with E-state index in [4.69, 9.17) is 11.5 Å². The number of hydrogen-bond acceptors (Lipinski definition) is 4. The van der Waals surface area contributed by atoms with Gasteiger partial charge in [0, 0.05) is 10.8 Å². The van der Waals surface area contributed by atoms with Crippen LogP contribution < -0.4 is 11.5 Å². The molecule has 0 atom stereocenters. The van der Waals surface area contributed by atoms with Crippen molar-refractivity contribution in [3.63, 3.8) is 0 Å². The van der Waals surface area contributed by atoms with Crippen molar-refractivity contribution in [3.8, 4) is 0 Å². The van der Waals surface area contributed by atoms with Crippen LogP contribution in [-0.2, 0) is 5.41 Å². The summed E-state index contributed by atoms with van der Waals surface area (Å²) >= 11 is 0. The van der Waals surface area contributed by atoms with E-state index in [1.807, 2.05) is 18.3 Å². The Labute approximate surface area is 117 Å². The van der Waals surface area contributed by atoms with E-state index in [1.165, 1.54) is 5.56 Å². The Bertz CT molecular complexity index is 772. The number of H-pyrrole nitrogens is 1. The minimum atomic E-state index is -0.0176. The Hall–Kier alpha value is -2.14. The number of aromatic nitrogens is 3. The van der Waals surface area contributed by atoms with Gasteiger partial charge in [0.2, 0.25) is 0 Å². The molecule has 5 heteroatoms. The molecule has 0 aliphatic carbocycles. The first kappa shape index (κ1) is 12.9. The summed E-state index contributed by atoms with van der Waals surface area (Å²) in [6.07, 6.45) is 2.73. The fourth-order valence-electron chi connectivity index (χ4n) is 2.83. The second-order valence-electron chi connectivity index (χ2n) is 5.78. The Morgan fingerprint density at radius 3 is 2.85 bits per heavy atom. The summed E-state index contributed by atoms with van der Waals surface area (Å²) < 4.78 is 0. The lowest BCUT2D eigenvalue weighted by Crippen LogP contribution is -2.22. The summed E-state index contributed by atoms with van der Waals surface area (Å²) in [7, 11) is 0. The number of nitrogen functional groups attached to an aromatic ring is 1. The molecule has 2 heterocycles. The molecule has 0 aliphatic rings. The predicted molar refractivity (Wildman–Crippen MR) is 82.5 cm³/mol. The van der Waals surface area contributed by atoms with Crippen LogP contribution in [0.3, 0.4) is 0 Å². The van der Waals surface area contributed by atoms with Gasteiger partial charge in [0.15, 0.2) is 0 Å². The van der Waals surface area contributed by atoms with Crippen molar-refractivity contribution in [1.29, 1.82) is 0 Å². The first-order valence-electron chi connectivity index (χ1n) is 6.76. The molecular formula is C15H19N5. The van der Waals surface area contributed by atoms with Crippen molar-refractivity contribution >= 4 is 27.6 Å². The molecule has 3 rings (SSSR count). The van der Waals surface area contributed by atoms with E-state index in [9.17, 15) is 0 Å². The maximum atomic E-state index is 5.98. The molecule has 5 nitrogen and oxygen atoms in total. The summed E-state index contributed by atoms with van der Waals surface area (Å²) in [5.41, 5.74) is 14.7. The number of nitrogens with two attached hydrogens (primary N) is 2. The minimum Gasteiger partial charge on any atom is -0.382 e. The number of nitrogens with zero attached hydrogens (tertiary/aromatic N) is 2. The number of hydrogen-bond donors (Lipinski definition) is 3. The molecule has 1 aromatic carbocycles. The van der Waals surface area contributed by atoms with E-state index in [0.717, 1.165) is 28.2 Å². The van der Waals surface area contributed by atoms with E-state index >= 15 is 0 Å². The number of pyridine rings is 1. The highest BCUT2D eigenvalue weighted by atomic mass is 15.1. The third-order valence-electron chi connectivity index (χ3n) is 3.95. The smallest absolute Gasteiger partial charge is 0.150 e. The van der Waals surface area contributed by atoms with Gasteiger partial charge in [-0.25, -0.2) is 4.98 Å². The molecule has 0 spiro atoms. The largest absolute Gasteiger partial charge is 0.382 e. The van der Waals surface area contributed by atoms with Gasteiger partial charge in [0.05, 0.1) is 11.7 Å². The van der Waals surface area contributed by atoms with Crippen molar-refractivity contribution in [2.45, 2.75) is 25.7 Å². The van der Waals surface area contributed by atoms with Gasteiger partial charge in [0.25, 0.3) is 0 Å². The highest BCUT2D eigenvalue weighted by Gasteiger charge is 2.24. The van der Waals surface area contributed by atoms with Crippen LogP contribution in [0.1, 0.15) is 25.8 Å². The second-order valence-corrected chi connectivity index (χ2v) is 5.78. The normalized spacial score (nSPS) is 12.3. The number of benzene rings is 1. The Morgan fingerprint density at radius 1 is 1.30 bits per heavy atom. The zero-order chi connectivity index (χ0) is 14.3. The summed E-state index contributed by atoms with van der Waals surface area (Å²) in [4.78, 5) is 4.49. The minimum absolute atomic E-state index is 0.0176. The van der Waals surface area contributed by atoms with Crippen LogP contribution in [-0.4, -0.2) is 21.7 Å².